The van der Waals surface area contributed by atoms with Gasteiger partial charge in [0.25, 0.3) is 5.91 Å². The number of amides is 1. The minimum atomic E-state index is -0.248. The number of carbonyl (C=O) groups is 1. The minimum absolute atomic E-state index is 0.00714. The quantitative estimate of drug-likeness (QED) is 0.927. The van der Waals surface area contributed by atoms with Crippen LogP contribution in [0.2, 0.25) is 0 Å². The molecule has 0 saturated carbocycles. The second-order valence-electron chi connectivity index (χ2n) is 7.47. The summed E-state index contributed by atoms with van der Waals surface area (Å²) < 4.78 is 13.0. The molecule has 2 aromatic rings. The maximum Gasteiger partial charge on any atom is 0.301 e. The van der Waals surface area contributed by atoms with E-state index in [1.54, 1.807) is 14.2 Å². The van der Waals surface area contributed by atoms with Crippen molar-refractivity contribution in [1.82, 2.24) is 14.9 Å². The Morgan fingerprint density at radius 1 is 1.32 bits per heavy atom. The molecule has 2 heterocycles. The highest BCUT2D eigenvalue weighted by atomic mass is 16.5. The molecule has 6 nitrogen and oxygen atoms in total. The first-order valence-electron chi connectivity index (χ1n) is 8.41. The van der Waals surface area contributed by atoms with E-state index in [4.69, 9.17) is 9.47 Å². The van der Waals surface area contributed by atoms with E-state index < -0.39 is 0 Å². The summed E-state index contributed by atoms with van der Waals surface area (Å²) in [6.07, 6.45) is 0.447. The minimum Gasteiger partial charge on any atom is -0.468 e. The number of nitrogens with one attached hydrogen (secondary N) is 1. The number of fused-ring (bicyclic) bond motifs is 3. The number of methoxy groups -OCH3 is 2. The largest absolute Gasteiger partial charge is 0.468 e. The van der Waals surface area contributed by atoms with Crippen LogP contribution in [-0.2, 0) is 11.2 Å². The zero-order valence-corrected chi connectivity index (χ0v) is 15.4. The van der Waals surface area contributed by atoms with Gasteiger partial charge >= 0.3 is 6.01 Å². The molecule has 1 aliphatic rings. The molecule has 25 heavy (non-hydrogen) atoms. The monoisotopic (exact) mass is 343 g/mol. The van der Waals surface area contributed by atoms with Crippen LogP contribution in [0.1, 0.15) is 48.6 Å². The van der Waals surface area contributed by atoms with Crippen LogP contribution in [-0.4, -0.2) is 36.2 Å². The maximum atomic E-state index is 12.8. The predicted molar refractivity (Wildman–Crippen MR) is 95.4 cm³/mol. The number of hydrogen-bond acceptors (Lipinski definition) is 4. The normalized spacial score (nSPS) is 16.1. The number of rotatable bonds is 4. The van der Waals surface area contributed by atoms with Crippen LogP contribution in [0.15, 0.2) is 24.3 Å². The summed E-state index contributed by atoms with van der Waals surface area (Å²) in [4.78, 5) is 17.2. The number of para-hydroxylation sites is 1. The zero-order chi connectivity index (χ0) is 18.2. The third-order valence-corrected chi connectivity index (χ3v) is 4.29. The average Bonchev–Trinajstić information content (AvgIpc) is 2.98. The number of carbonyl (C=O) groups excluding carboxylic acids is 1. The Morgan fingerprint density at radius 2 is 2.04 bits per heavy atom. The van der Waals surface area contributed by atoms with Gasteiger partial charge in [0.05, 0.1) is 18.5 Å². The predicted octanol–water partition coefficient (Wildman–Crippen LogP) is 2.90. The topological polar surface area (TPSA) is 65.4 Å². The summed E-state index contributed by atoms with van der Waals surface area (Å²) >= 11 is 0. The summed E-state index contributed by atoms with van der Waals surface area (Å²) in [6.45, 7) is 6.79. The van der Waals surface area contributed by atoms with E-state index in [0.29, 0.717) is 24.7 Å². The van der Waals surface area contributed by atoms with Gasteiger partial charge in [-0.3, -0.25) is 9.36 Å². The summed E-state index contributed by atoms with van der Waals surface area (Å²) in [5, 5.41) is 2.97. The van der Waals surface area contributed by atoms with Gasteiger partial charge in [-0.2, -0.15) is 4.98 Å². The van der Waals surface area contributed by atoms with Gasteiger partial charge in [-0.25, -0.2) is 0 Å². The van der Waals surface area contributed by atoms with E-state index in [9.17, 15) is 4.79 Å². The van der Waals surface area contributed by atoms with Crippen molar-refractivity contribution in [2.75, 3.05) is 20.8 Å². The number of benzene rings is 1. The van der Waals surface area contributed by atoms with Crippen LogP contribution in [0.3, 0.4) is 0 Å². The fourth-order valence-electron chi connectivity index (χ4n) is 3.07. The summed E-state index contributed by atoms with van der Waals surface area (Å²) in [5.74, 6) is -0.205. The molecule has 1 aromatic carbocycles. The lowest BCUT2D eigenvalue weighted by Crippen LogP contribution is -2.33. The summed E-state index contributed by atoms with van der Waals surface area (Å²) in [5.41, 5.74) is 3.21. The van der Waals surface area contributed by atoms with Gasteiger partial charge in [0.2, 0.25) is 0 Å². The van der Waals surface area contributed by atoms with Crippen LogP contribution in [0.25, 0.3) is 5.69 Å². The van der Waals surface area contributed by atoms with Crippen molar-refractivity contribution in [3.63, 3.8) is 0 Å². The molecule has 1 amide bonds. The highest BCUT2D eigenvalue weighted by Gasteiger charge is 2.34. The molecular formula is C19H25N3O3. The lowest BCUT2D eigenvalue weighted by atomic mass is 9.96. The van der Waals surface area contributed by atoms with Crippen molar-refractivity contribution in [3.05, 3.63) is 41.2 Å². The number of nitrogens with zero attached hydrogens (tertiary/aromatic N) is 2. The molecular weight excluding hydrogens is 318 g/mol. The second-order valence-corrected chi connectivity index (χ2v) is 7.47. The SMILES string of the molecule is COc1nc(C(=O)NCC(C)(C)C)c2n1-c1ccccc1CC2OC. The van der Waals surface area contributed by atoms with E-state index >= 15 is 0 Å². The molecule has 0 aliphatic carbocycles. The van der Waals surface area contributed by atoms with E-state index in [2.05, 4.69) is 37.1 Å². The second kappa shape index (κ2) is 6.52. The number of imidazole rings is 1. The summed E-state index contributed by atoms with van der Waals surface area (Å²) in [6, 6.07) is 8.42. The Balaban J connectivity index is 2.09. The molecule has 1 unspecified atom stereocenters. The zero-order valence-electron chi connectivity index (χ0n) is 15.4. The number of hydrogen-bond donors (Lipinski definition) is 1. The fourth-order valence-corrected chi connectivity index (χ4v) is 3.07. The van der Waals surface area contributed by atoms with Crippen molar-refractivity contribution < 1.29 is 14.3 Å². The van der Waals surface area contributed by atoms with Crippen LogP contribution in [0.4, 0.5) is 0 Å². The molecule has 0 spiro atoms. The third kappa shape index (κ3) is 3.26. The van der Waals surface area contributed by atoms with Crippen LogP contribution in [0, 0.1) is 5.41 Å². The molecule has 0 radical (unpaired) electrons. The number of aromatic nitrogens is 2. The maximum absolute atomic E-state index is 12.8. The molecule has 0 fully saturated rings. The van der Waals surface area contributed by atoms with Crippen molar-refractivity contribution >= 4 is 5.91 Å². The first-order chi connectivity index (χ1) is 11.9. The van der Waals surface area contributed by atoms with Gasteiger partial charge in [0.1, 0.15) is 6.10 Å². The highest BCUT2D eigenvalue weighted by Crippen LogP contribution is 2.38. The molecule has 6 heteroatoms. The van der Waals surface area contributed by atoms with Crippen molar-refractivity contribution in [3.8, 4) is 11.7 Å². The average molecular weight is 343 g/mol. The van der Waals surface area contributed by atoms with Gasteiger partial charge in [0.15, 0.2) is 5.69 Å². The molecule has 3 rings (SSSR count). The Morgan fingerprint density at radius 3 is 2.68 bits per heavy atom. The summed E-state index contributed by atoms with van der Waals surface area (Å²) in [7, 11) is 3.21. The lowest BCUT2D eigenvalue weighted by molar-refractivity contribution is 0.0866. The van der Waals surface area contributed by atoms with E-state index in [-0.39, 0.29) is 17.4 Å². The van der Waals surface area contributed by atoms with Gasteiger partial charge in [-0.15, -0.1) is 0 Å². The molecule has 0 bridgehead atoms. The first-order valence-corrected chi connectivity index (χ1v) is 8.41. The third-order valence-electron chi connectivity index (χ3n) is 4.29. The number of ether oxygens (including phenoxy) is 2. The van der Waals surface area contributed by atoms with Crippen molar-refractivity contribution in [1.29, 1.82) is 0 Å². The first kappa shape index (κ1) is 17.5. The highest BCUT2D eigenvalue weighted by molar-refractivity contribution is 5.94. The van der Waals surface area contributed by atoms with Crippen molar-refractivity contribution in [2.45, 2.75) is 33.3 Å². The molecule has 1 aromatic heterocycles. The molecule has 0 saturated heterocycles. The van der Waals surface area contributed by atoms with Crippen LogP contribution >= 0.6 is 0 Å². The standard InChI is InChI=1S/C19H25N3O3/c1-19(2,3)11-20-17(23)15-16-14(24-4)10-12-8-6-7-9-13(12)22(16)18(21-15)25-5/h6-9,14H,10-11H2,1-5H3,(H,20,23). The fraction of sp³-hybridized carbons (Fsp3) is 0.474. The Labute approximate surface area is 148 Å². The van der Waals surface area contributed by atoms with Crippen LogP contribution < -0.4 is 10.1 Å². The van der Waals surface area contributed by atoms with Gasteiger partial charge in [0, 0.05) is 20.1 Å². The van der Waals surface area contributed by atoms with Gasteiger partial charge in [-0.1, -0.05) is 39.0 Å². The van der Waals surface area contributed by atoms with E-state index in [1.165, 1.54) is 0 Å². The Kier molecular flexibility index (Phi) is 4.56. The van der Waals surface area contributed by atoms with Crippen LogP contribution in [0.5, 0.6) is 6.01 Å². The molecule has 1 N–H and O–H groups in total. The van der Waals surface area contributed by atoms with Crippen molar-refractivity contribution in [2.24, 2.45) is 5.41 Å². The van der Waals surface area contributed by atoms with Gasteiger partial charge < -0.3 is 14.8 Å². The lowest BCUT2D eigenvalue weighted by Gasteiger charge is -2.27. The molecule has 1 aliphatic heterocycles. The Hall–Kier alpha value is -2.34. The smallest absolute Gasteiger partial charge is 0.301 e. The molecule has 1 atom stereocenters. The van der Waals surface area contributed by atoms with E-state index in [0.717, 1.165) is 16.9 Å². The van der Waals surface area contributed by atoms with E-state index in [1.807, 2.05) is 22.8 Å². The Bertz CT molecular complexity index is 790. The van der Waals surface area contributed by atoms with Gasteiger partial charge in [-0.05, 0) is 17.0 Å². The molecule has 134 valence electrons.